The molecule has 5 heteroatoms. The van der Waals surface area contributed by atoms with Gasteiger partial charge < -0.3 is 14.6 Å². The van der Waals surface area contributed by atoms with Crippen LogP contribution in [-0.4, -0.2) is 17.6 Å². The first-order chi connectivity index (χ1) is 11.1. The van der Waals surface area contributed by atoms with Gasteiger partial charge in [-0.2, -0.15) is 0 Å². The molecule has 1 aromatic heterocycles. The van der Waals surface area contributed by atoms with Crippen molar-refractivity contribution in [2.75, 3.05) is 7.11 Å². The Morgan fingerprint density at radius 2 is 2.04 bits per heavy atom. The number of halogens is 1. The van der Waals surface area contributed by atoms with Crippen LogP contribution >= 0.6 is 0 Å². The number of fused-ring (bicyclic) bond motifs is 1. The molecule has 0 aliphatic heterocycles. The number of aryl methyl sites for hydroxylation is 1. The Kier molecular flexibility index (Phi) is 4.02. The third-order valence-corrected chi connectivity index (χ3v) is 3.83. The van der Waals surface area contributed by atoms with E-state index >= 15 is 0 Å². The number of benzene rings is 2. The molecule has 0 unspecified atom stereocenters. The summed E-state index contributed by atoms with van der Waals surface area (Å²) in [6, 6.07) is 13.8. The lowest BCUT2D eigenvalue weighted by Crippen LogP contribution is -2.24. The monoisotopic (exact) mass is 312 g/mol. The van der Waals surface area contributed by atoms with Gasteiger partial charge in [-0.3, -0.25) is 4.79 Å². The molecular weight excluding hydrogens is 295 g/mol. The Morgan fingerprint density at radius 3 is 2.83 bits per heavy atom. The SMILES string of the molecule is COc1cccc(CNC(=O)c2cc3ccc(F)cc3n2C)c1. The highest BCUT2D eigenvalue weighted by molar-refractivity contribution is 5.98. The number of methoxy groups -OCH3 is 1. The van der Waals surface area contributed by atoms with Crippen LogP contribution in [0.15, 0.2) is 48.5 Å². The Hall–Kier alpha value is -2.82. The van der Waals surface area contributed by atoms with Crippen LogP contribution in [0.4, 0.5) is 4.39 Å². The molecule has 2 aromatic carbocycles. The molecule has 3 aromatic rings. The van der Waals surface area contributed by atoms with E-state index in [-0.39, 0.29) is 11.7 Å². The van der Waals surface area contributed by atoms with E-state index in [0.29, 0.717) is 17.8 Å². The van der Waals surface area contributed by atoms with Crippen LogP contribution in [0.5, 0.6) is 5.75 Å². The molecule has 23 heavy (non-hydrogen) atoms. The van der Waals surface area contributed by atoms with E-state index in [9.17, 15) is 9.18 Å². The lowest BCUT2D eigenvalue weighted by Gasteiger charge is -2.08. The Labute approximate surface area is 133 Å². The summed E-state index contributed by atoms with van der Waals surface area (Å²) in [6.45, 7) is 0.395. The van der Waals surface area contributed by atoms with Gasteiger partial charge in [-0.1, -0.05) is 12.1 Å². The number of nitrogens with zero attached hydrogens (tertiary/aromatic N) is 1. The van der Waals surface area contributed by atoms with Gasteiger partial charge in [-0.25, -0.2) is 4.39 Å². The third-order valence-electron chi connectivity index (χ3n) is 3.83. The van der Waals surface area contributed by atoms with Crippen LogP contribution in [0.1, 0.15) is 16.1 Å². The molecule has 0 atom stereocenters. The van der Waals surface area contributed by atoms with Crippen LogP contribution in [0, 0.1) is 5.82 Å². The Morgan fingerprint density at radius 1 is 1.22 bits per heavy atom. The third kappa shape index (κ3) is 3.04. The van der Waals surface area contributed by atoms with Gasteiger partial charge in [0, 0.05) is 19.0 Å². The molecular formula is C18H17FN2O2. The quantitative estimate of drug-likeness (QED) is 0.803. The van der Waals surface area contributed by atoms with E-state index in [1.54, 1.807) is 30.9 Å². The van der Waals surface area contributed by atoms with Crippen molar-refractivity contribution >= 4 is 16.8 Å². The largest absolute Gasteiger partial charge is 0.497 e. The fourth-order valence-corrected chi connectivity index (χ4v) is 2.58. The number of aromatic nitrogens is 1. The van der Waals surface area contributed by atoms with Gasteiger partial charge in [0.05, 0.1) is 12.6 Å². The molecule has 0 radical (unpaired) electrons. The second-order valence-corrected chi connectivity index (χ2v) is 5.33. The average molecular weight is 312 g/mol. The van der Waals surface area contributed by atoms with Gasteiger partial charge >= 0.3 is 0 Å². The van der Waals surface area contributed by atoms with Gasteiger partial charge in [0.25, 0.3) is 5.91 Å². The van der Waals surface area contributed by atoms with Crippen molar-refractivity contribution in [2.24, 2.45) is 7.05 Å². The van der Waals surface area contributed by atoms with Crippen LogP contribution in [0.25, 0.3) is 10.9 Å². The van der Waals surface area contributed by atoms with Crippen molar-refractivity contribution in [3.8, 4) is 5.75 Å². The first-order valence-corrected chi connectivity index (χ1v) is 7.24. The molecule has 0 aliphatic rings. The molecule has 1 amide bonds. The summed E-state index contributed by atoms with van der Waals surface area (Å²) in [5, 5.41) is 3.71. The summed E-state index contributed by atoms with van der Waals surface area (Å²) in [4.78, 5) is 12.4. The smallest absolute Gasteiger partial charge is 0.268 e. The Bertz CT molecular complexity index is 871. The summed E-state index contributed by atoms with van der Waals surface area (Å²) >= 11 is 0. The van der Waals surface area contributed by atoms with Crippen molar-refractivity contribution in [1.29, 1.82) is 0 Å². The zero-order valence-corrected chi connectivity index (χ0v) is 13.0. The standard InChI is InChI=1S/C18H17FN2O2/c1-21-16-10-14(19)7-6-13(16)9-17(21)18(22)20-11-12-4-3-5-15(8-12)23-2/h3-10H,11H2,1-2H3,(H,20,22). The number of amides is 1. The van der Waals surface area contributed by atoms with Crippen molar-refractivity contribution in [1.82, 2.24) is 9.88 Å². The number of rotatable bonds is 4. The molecule has 0 aliphatic carbocycles. The summed E-state index contributed by atoms with van der Waals surface area (Å²) in [6.07, 6.45) is 0. The van der Waals surface area contributed by atoms with Crippen molar-refractivity contribution in [2.45, 2.75) is 6.54 Å². The molecule has 118 valence electrons. The highest BCUT2D eigenvalue weighted by atomic mass is 19.1. The van der Waals surface area contributed by atoms with E-state index in [0.717, 1.165) is 16.7 Å². The highest BCUT2D eigenvalue weighted by Gasteiger charge is 2.13. The predicted octanol–water partition coefficient (Wildman–Crippen LogP) is 3.26. The highest BCUT2D eigenvalue weighted by Crippen LogP contribution is 2.20. The van der Waals surface area contributed by atoms with Crippen LogP contribution in [-0.2, 0) is 13.6 Å². The minimum absolute atomic E-state index is 0.202. The second kappa shape index (κ2) is 6.12. The van der Waals surface area contributed by atoms with Crippen molar-refractivity contribution < 1.29 is 13.9 Å². The van der Waals surface area contributed by atoms with Crippen molar-refractivity contribution in [3.05, 3.63) is 65.6 Å². The number of nitrogens with one attached hydrogen (secondary N) is 1. The Balaban J connectivity index is 1.79. The normalized spacial score (nSPS) is 10.7. The fourth-order valence-electron chi connectivity index (χ4n) is 2.58. The number of hydrogen-bond acceptors (Lipinski definition) is 2. The van der Waals surface area contributed by atoms with E-state index in [4.69, 9.17) is 4.74 Å². The predicted molar refractivity (Wildman–Crippen MR) is 87.0 cm³/mol. The molecule has 0 saturated heterocycles. The lowest BCUT2D eigenvalue weighted by molar-refractivity contribution is 0.0943. The van der Waals surface area contributed by atoms with Gasteiger partial charge in [-0.15, -0.1) is 0 Å². The average Bonchev–Trinajstić information content (AvgIpc) is 2.89. The van der Waals surface area contributed by atoms with Crippen LogP contribution in [0.2, 0.25) is 0 Å². The summed E-state index contributed by atoms with van der Waals surface area (Å²) in [5.41, 5.74) is 2.13. The topological polar surface area (TPSA) is 43.3 Å². The minimum atomic E-state index is -0.318. The van der Waals surface area contributed by atoms with Gasteiger partial charge in [0.15, 0.2) is 0 Å². The van der Waals surface area contributed by atoms with Gasteiger partial charge in [0.1, 0.15) is 17.3 Å². The van der Waals surface area contributed by atoms with Crippen molar-refractivity contribution in [3.63, 3.8) is 0 Å². The maximum absolute atomic E-state index is 13.3. The summed E-state index contributed by atoms with van der Waals surface area (Å²) < 4.78 is 20.2. The van der Waals surface area contributed by atoms with Gasteiger partial charge in [0.2, 0.25) is 0 Å². The second-order valence-electron chi connectivity index (χ2n) is 5.33. The maximum Gasteiger partial charge on any atom is 0.268 e. The zero-order valence-electron chi connectivity index (χ0n) is 13.0. The molecule has 4 nitrogen and oxygen atoms in total. The molecule has 1 N–H and O–H groups in total. The van der Waals surface area contributed by atoms with E-state index < -0.39 is 0 Å². The minimum Gasteiger partial charge on any atom is -0.497 e. The van der Waals surface area contributed by atoms with Gasteiger partial charge in [-0.05, 0) is 42.0 Å². The fraction of sp³-hybridized carbons (Fsp3) is 0.167. The van der Waals surface area contributed by atoms with E-state index in [1.807, 2.05) is 24.3 Å². The number of ether oxygens (including phenoxy) is 1. The molecule has 0 spiro atoms. The summed E-state index contributed by atoms with van der Waals surface area (Å²) in [5.74, 6) is 0.228. The number of carbonyl (C=O) groups excluding carboxylic acids is 1. The molecule has 3 rings (SSSR count). The molecule has 1 heterocycles. The maximum atomic E-state index is 13.3. The molecule has 0 fully saturated rings. The number of carbonyl (C=O) groups is 1. The zero-order chi connectivity index (χ0) is 16.4. The lowest BCUT2D eigenvalue weighted by atomic mass is 10.2. The van der Waals surface area contributed by atoms with E-state index in [2.05, 4.69) is 5.32 Å². The first kappa shape index (κ1) is 15.1. The van der Waals surface area contributed by atoms with E-state index in [1.165, 1.54) is 12.1 Å². The van der Waals surface area contributed by atoms with Crippen LogP contribution < -0.4 is 10.1 Å². The molecule has 0 bridgehead atoms. The number of hydrogen-bond donors (Lipinski definition) is 1. The molecule has 0 saturated carbocycles. The van der Waals surface area contributed by atoms with Crippen LogP contribution in [0.3, 0.4) is 0 Å². The summed E-state index contributed by atoms with van der Waals surface area (Å²) in [7, 11) is 3.36. The first-order valence-electron chi connectivity index (χ1n) is 7.24.